The first-order valence-corrected chi connectivity index (χ1v) is 15.7. The number of aliphatic carboxylic acids is 1. The number of benzene rings is 3. The number of anilines is 3. The van der Waals surface area contributed by atoms with Crippen molar-refractivity contribution in [2.45, 2.75) is 38.6 Å². The lowest BCUT2D eigenvalue weighted by Crippen LogP contribution is -2.45. The lowest BCUT2D eigenvalue weighted by molar-refractivity contribution is -0.137. The Morgan fingerprint density at radius 1 is 0.936 bits per heavy atom. The van der Waals surface area contributed by atoms with Crippen LogP contribution in [0.3, 0.4) is 0 Å². The Kier molecular flexibility index (Phi) is 12.4. The number of nitrogens with zero attached hydrogens (tertiary/aromatic N) is 3. The molecule has 1 fully saturated rings. The normalized spacial score (nSPS) is 13.9. The average molecular weight is 645 g/mol. The molecule has 12 nitrogen and oxygen atoms in total. The van der Waals surface area contributed by atoms with Gasteiger partial charge in [0.05, 0.1) is 25.6 Å². The highest BCUT2D eigenvalue weighted by Gasteiger charge is 2.30. The van der Waals surface area contributed by atoms with E-state index in [0.29, 0.717) is 61.7 Å². The molecule has 0 aliphatic carbocycles. The molecule has 3 aromatic rings. The zero-order chi connectivity index (χ0) is 33.8. The lowest BCUT2D eigenvalue weighted by Gasteiger charge is -2.29. The van der Waals surface area contributed by atoms with Crippen LogP contribution in [0.25, 0.3) is 0 Å². The molecule has 5 amide bonds. The van der Waals surface area contributed by atoms with Gasteiger partial charge in [-0.25, -0.2) is 9.59 Å². The van der Waals surface area contributed by atoms with Crippen LogP contribution in [0.4, 0.5) is 26.7 Å². The summed E-state index contributed by atoms with van der Waals surface area (Å²) in [4.78, 5) is 55.6. The standard InChI is InChI=1S/C35H44N6O6/c1-25-10-7-8-13-29(25)37-34(45)38-30-15-14-26(22-31(30)47-3)23-32(42)36-27-16-20-41(24-27)35(46)40(21-17-33(43)44)19-9-18-39(2)28-11-5-4-6-12-28/h4-8,10-15,22,27H,9,16-21,23-24H2,1-3H3,(H,36,42)(H,43,44)(H2,37,38,45). The number of rotatable bonds is 14. The number of carboxylic acid groups (broad SMARTS) is 1. The van der Waals surface area contributed by atoms with E-state index < -0.39 is 12.0 Å². The first-order chi connectivity index (χ1) is 22.6. The molecule has 0 saturated carbocycles. The number of hydrogen-bond donors (Lipinski definition) is 4. The first kappa shape index (κ1) is 34.6. The fraction of sp³-hybridized carbons (Fsp3) is 0.371. The first-order valence-electron chi connectivity index (χ1n) is 15.7. The number of methoxy groups -OCH3 is 1. The van der Waals surface area contributed by atoms with Gasteiger partial charge in [0.15, 0.2) is 0 Å². The minimum atomic E-state index is -0.957. The predicted octanol–water partition coefficient (Wildman–Crippen LogP) is 4.80. The van der Waals surface area contributed by atoms with Crippen molar-refractivity contribution in [3.63, 3.8) is 0 Å². The minimum Gasteiger partial charge on any atom is -0.495 e. The maximum absolute atomic E-state index is 13.4. The molecule has 1 aliphatic rings. The van der Waals surface area contributed by atoms with Gasteiger partial charge in [-0.15, -0.1) is 0 Å². The number of amides is 5. The largest absolute Gasteiger partial charge is 0.495 e. The minimum absolute atomic E-state index is 0.0934. The van der Waals surface area contributed by atoms with Crippen molar-refractivity contribution in [1.82, 2.24) is 15.1 Å². The predicted molar refractivity (Wildman–Crippen MR) is 182 cm³/mol. The van der Waals surface area contributed by atoms with Gasteiger partial charge in [0, 0.05) is 57.2 Å². The second-order valence-corrected chi connectivity index (χ2v) is 11.6. The molecule has 1 aliphatic heterocycles. The number of carboxylic acids is 1. The molecular weight excluding hydrogens is 600 g/mol. The number of likely N-dealkylation sites (tertiary alicyclic amines) is 1. The van der Waals surface area contributed by atoms with Gasteiger partial charge in [0.1, 0.15) is 5.75 Å². The van der Waals surface area contributed by atoms with E-state index in [-0.39, 0.29) is 37.4 Å². The van der Waals surface area contributed by atoms with E-state index in [0.717, 1.165) is 11.3 Å². The molecule has 1 saturated heterocycles. The van der Waals surface area contributed by atoms with Gasteiger partial charge in [0.25, 0.3) is 0 Å². The Labute approximate surface area is 275 Å². The number of carbonyl (C=O) groups excluding carboxylic acids is 3. The molecule has 0 spiro atoms. The molecule has 3 aromatic carbocycles. The Morgan fingerprint density at radius 2 is 1.66 bits per heavy atom. The Hall–Kier alpha value is -5.26. The quantitative estimate of drug-likeness (QED) is 0.197. The third-order valence-corrected chi connectivity index (χ3v) is 8.08. The molecule has 47 heavy (non-hydrogen) atoms. The van der Waals surface area contributed by atoms with Gasteiger partial charge in [-0.1, -0.05) is 42.5 Å². The van der Waals surface area contributed by atoms with Crippen molar-refractivity contribution < 1.29 is 29.0 Å². The van der Waals surface area contributed by atoms with Crippen LogP contribution in [0.15, 0.2) is 72.8 Å². The van der Waals surface area contributed by atoms with Gasteiger partial charge in [-0.05, 0) is 61.2 Å². The lowest BCUT2D eigenvalue weighted by atomic mass is 10.1. The van der Waals surface area contributed by atoms with Gasteiger partial charge in [0.2, 0.25) is 5.91 Å². The van der Waals surface area contributed by atoms with E-state index in [2.05, 4.69) is 20.9 Å². The highest BCUT2D eigenvalue weighted by Crippen LogP contribution is 2.26. The van der Waals surface area contributed by atoms with Crippen LogP contribution in [0.2, 0.25) is 0 Å². The number of nitrogens with one attached hydrogen (secondary N) is 3. The molecule has 12 heteroatoms. The van der Waals surface area contributed by atoms with E-state index in [1.54, 1.807) is 28.0 Å². The Morgan fingerprint density at radius 3 is 2.38 bits per heavy atom. The summed E-state index contributed by atoms with van der Waals surface area (Å²) in [5, 5.41) is 17.9. The van der Waals surface area contributed by atoms with E-state index in [1.807, 2.05) is 68.6 Å². The maximum Gasteiger partial charge on any atom is 0.323 e. The third-order valence-electron chi connectivity index (χ3n) is 8.08. The number of para-hydroxylation sites is 2. The number of urea groups is 2. The topological polar surface area (TPSA) is 144 Å². The van der Waals surface area contributed by atoms with Crippen molar-refractivity contribution in [3.8, 4) is 5.75 Å². The summed E-state index contributed by atoms with van der Waals surface area (Å²) in [6.45, 7) is 3.98. The van der Waals surface area contributed by atoms with Gasteiger partial charge in [-0.3, -0.25) is 9.59 Å². The number of ether oxygens (including phenoxy) is 1. The van der Waals surface area contributed by atoms with Crippen LogP contribution >= 0.6 is 0 Å². The van der Waals surface area contributed by atoms with Crippen LogP contribution in [-0.2, 0) is 16.0 Å². The molecule has 0 bridgehead atoms. The van der Waals surface area contributed by atoms with Crippen molar-refractivity contribution >= 4 is 41.0 Å². The second kappa shape index (κ2) is 16.9. The summed E-state index contributed by atoms with van der Waals surface area (Å²) in [6.07, 6.45) is 1.24. The molecule has 1 heterocycles. The molecule has 1 unspecified atom stereocenters. The zero-order valence-corrected chi connectivity index (χ0v) is 27.2. The van der Waals surface area contributed by atoms with E-state index in [4.69, 9.17) is 4.74 Å². The van der Waals surface area contributed by atoms with Crippen LogP contribution in [0, 0.1) is 6.92 Å². The average Bonchev–Trinajstić information content (AvgIpc) is 3.52. The van der Waals surface area contributed by atoms with Gasteiger partial charge < -0.3 is 40.5 Å². The number of hydrogen-bond acceptors (Lipinski definition) is 6. The van der Waals surface area contributed by atoms with Gasteiger partial charge >= 0.3 is 18.0 Å². The van der Waals surface area contributed by atoms with Crippen LogP contribution in [0.1, 0.15) is 30.4 Å². The van der Waals surface area contributed by atoms with Crippen molar-refractivity contribution in [2.24, 2.45) is 0 Å². The van der Waals surface area contributed by atoms with Crippen molar-refractivity contribution in [1.29, 1.82) is 0 Å². The summed E-state index contributed by atoms with van der Waals surface area (Å²) in [5.74, 6) is -0.734. The third kappa shape index (κ3) is 10.4. The Bertz CT molecular complexity index is 1530. The summed E-state index contributed by atoms with van der Waals surface area (Å²) >= 11 is 0. The molecule has 0 aromatic heterocycles. The Balaban J connectivity index is 1.27. The summed E-state index contributed by atoms with van der Waals surface area (Å²) in [5.41, 5.74) is 3.87. The highest BCUT2D eigenvalue weighted by molar-refractivity contribution is 6.01. The molecule has 4 rings (SSSR count). The van der Waals surface area contributed by atoms with Crippen LogP contribution in [-0.4, -0.2) is 91.8 Å². The monoisotopic (exact) mass is 644 g/mol. The number of aryl methyl sites for hydroxylation is 1. The SMILES string of the molecule is COc1cc(CC(=O)NC2CCN(C(=O)N(CCCN(C)c3ccccc3)CCC(=O)O)C2)ccc1NC(=O)Nc1ccccc1C. The smallest absolute Gasteiger partial charge is 0.323 e. The second-order valence-electron chi connectivity index (χ2n) is 11.6. The summed E-state index contributed by atoms with van der Waals surface area (Å²) < 4.78 is 5.47. The van der Waals surface area contributed by atoms with Crippen LogP contribution in [0.5, 0.6) is 5.75 Å². The number of carbonyl (C=O) groups is 4. The van der Waals surface area contributed by atoms with E-state index in [9.17, 15) is 24.3 Å². The molecule has 250 valence electrons. The molecule has 4 N–H and O–H groups in total. The summed E-state index contributed by atoms with van der Waals surface area (Å²) in [7, 11) is 3.48. The van der Waals surface area contributed by atoms with Crippen LogP contribution < -0.4 is 25.6 Å². The molecular formula is C35H44N6O6. The van der Waals surface area contributed by atoms with E-state index in [1.165, 1.54) is 7.11 Å². The molecule has 0 radical (unpaired) electrons. The van der Waals surface area contributed by atoms with Crippen molar-refractivity contribution in [3.05, 3.63) is 83.9 Å². The van der Waals surface area contributed by atoms with E-state index >= 15 is 0 Å². The summed E-state index contributed by atoms with van der Waals surface area (Å²) in [6, 6.07) is 21.7. The molecule has 1 atom stereocenters. The fourth-order valence-corrected chi connectivity index (χ4v) is 5.50. The maximum atomic E-state index is 13.4. The highest BCUT2D eigenvalue weighted by atomic mass is 16.5. The van der Waals surface area contributed by atoms with Crippen molar-refractivity contribution in [2.75, 3.05) is 62.4 Å². The fourth-order valence-electron chi connectivity index (χ4n) is 5.50. The zero-order valence-electron chi connectivity index (χ0n) is 27.2. The van der Waals surface area contributed by atoms with Gasteiger partial charge in [-0.2, -0.15) is 0 Å².